The van der Waals surface area contributed by atoms with E-state index in [1.165, 1.54) is 6.92 Å². The lowest BCUT2D eigenvalue weighted by molar-refractivity contribution is -0.309. The standard InChI is InChI=1S/C20H17NO4S2/c1-13(19(23)24)21-18(22)17(27-20(21)26)11-15-8-5-9-16(10-15)25-12-14-6-3-2-4-7-14/h2-11,13H,12H2,1H3,(H,23,24)/p-1. The van der Waals surface area contributed by atoms with Gasteiger partial charge in [0.05, 0.1) is 16.9 Å². The summed E-state index contributed by atoms with van der Waals surface area (Å²) >= 11 is 6.21. The SMILES string of the molecule is CC(C(=O)[O-])N1C(=O)C(=Cc2cccc(OCc3ccccc3)c2)SC1=S. The summed E-state index contributed by atoms with van der Waals surface area (Å²) in [6.07, 6.45) is 1.68. The third kappa shape index (κ3) is 4.56. The Balaban J connectivity index is 1.74. The number of hydrogen-bond acceptors (Lipinski definition) is 6. The van der Waals surface area contributed by atoms with Crippen LogP contribution in [0.1, 0.15) is 18.1 Å². The van der Waals surface area contributed by atoms with Crippen molar-refractivity contribution in [2.24, 2.45) is 0 Å². The molecule has 1 amide bonds. The number of thioether (sulfide) groups is 1. The zero-order chi connectivity index (χ0) is 19.4. The summed E-state index contributed by atoms with van der Waals surface area (Å²) in [4.78, 5) is 25.0. The second-order valence-electron chi connectivity index (χ2n) is 5.89. The number of rotatable bonds is 6. The lowest BCUT2D eigenvalue weighted by atomic mass is 10.2. The molecule has 2 aromatic carbocycles. The molecule has 0 aliphatic carbocycles. The normalized spacial score (nSPS) is 16.6. The van der Waals surface area contributed by atoms with E-state index >= 15 is 0 Å². The number of carboxylic acids is 1. The zero-order valence-corrected chi connectivity index (χ0v) is 16.1. The van der Waals surface area contributed by atoms with Gasteiger partial charge >= 0.3 is 0 Å². The van der Waals surface area contributed by atoms with Gasteiger partial charge in [-0.05, 0) is 36.3 Å². The maximum atomic E-state index is 12.5. The summed E-state index contributed by atoms with van der Waals surface area (Å²) in [7, 11) is 0. The van der Waals surface area contributed by atoms with E-state index < -0.39 is 17.9 Å². The van der Waals surface area contributed by atoms with Crippen molar-refractivity contribution in [3.8, 4) is 5.75 Å². The third-order valence-corrected chi connectivity index (χ3v) is 5.29. The Bertz CT molecular complexity index is 911. The van der Waals surface area contributed by atoms with Gasteiger partial charge in [0.25, 0.3) is 5.91 Å². The molecule has 1 aliphatic heterocycles. The molecule has 0 radical (unpaired) electrons. The monoisotopic (exact) mass is 398 g/mol. The molecule has 1 fully saturated rings. The number of hydrogen-bond donors (Lipinski definition) is 0. The average molecular weight is 398 g/mol. The van der Waals surface area contributed by atoms with Crippen molar-refractivity contribution in [1.82, 2.24) is 4.90 Å². The van der Waals surface area contributed by atoms with Gasteiger partial charge in [-0.25, -0.2) is 0 Å². The van der Waals surface area contributed by atoms with Gasteiger partial charge in [0.1, 0.15) is 16.7 Å². The van der Waals surface area contributed by atoms with Crippen LogP contribution in [-0.4, -0.2) is 27.1 Å². The molecule has 0 N–H and O–H groups in total. The van der Waals surface area contributed by atoms with Crippen LogP contribution in [0.2, 0.25) is 0 Å². The molecule has 3 rings (SSSR count). The molecule has 0 aromatic heterocycles. The lowest BCUT2D eigenvalue weighted by Crippen LogP contribution is -2.48. The van der Waals surface area contributed by atoms with E-state index in [1.54, 1.807) is 6.08 Å². The Morgan fingerprint density at radius 1 is 1.26 bits per heavy atom. The van der Waals surface area contributed by atoms with Crippen LogP contribution < -0.4 is 9.84 Å². The number of thiocarbonyl (C=S) groups is 1. The largest absolute Gasteiger partial charge is 0.548 e. The Kier molecular flexibility index (Phi) is 5.93. The van der Waals surface area contributed by atoms with Crippen molar-refractivity contribution >= 4 is 46.3 Å². The zero-order valence-electron chi connectivity index (χ0n) is 14.5. The molecule has 0 saturated carbocycles. The van der Waals surface area contributed by atoms with Crippen molar-refractivity contribution in [3.05, 3.63) is 70.6 Å². The van der Waals surface area contributed by atoms with Crippen molar-refractivity contribution in [2.75, 3.05) is 0 Å². The lowest BCUT2D eigenvalue weighted by Gasteiger charge is -2.23. The number of amides is 1. The van der Waals surface area contributed by atoms with Gasteiger partial charge in [-0.15, -0.1) is 0 Å². The van der Waals surface area contributed by atoms with E-state index in [4.69, 9.17) is 17.0 Å². The van der Waals surface area contributed by atoms with E-state index in [2.05, 4.69) is 0 Å². The molecule has 2 aromatic rings. The third-order valence-electron chi connectivity index (χ3n) is 3.96. The smallest absolute Gasteiger partial charge is 0.266 e. The molecule has 1 aliphatic rings. The topological polar surface area (TPSA) is 69.7 Å². The molecule has 5 nitrogen and oxygen atoms in total. The number of nitrogens with zero attached hydrogens (tertiary/aromatic N) is 1. The Morgan fingerprint density at radius 2 is 2.00 bits per heavy atom. The first-order valence-corrected chi connectivity index (χ1v) is 9.43. The average Bonchev–Trinajstić information content (AvgIpc) is 2.94. The molecule has 1 saturated heterocycles. The first kappa shape index (κ1) is 19.1. The summed E-state index contributed by atoms with van der Waals surface area (Å²) in [5, 5.41) is 11.1. The van der Waals surface area contributed by atoms with Crippen LogP contribution >= 0.6 is 24.0 Å². The minimum absolute atomic E-state index is 0.208. The van der Waals surface area contributed by atoms with Crippen molar-refractivity contribution in [1.29, 1.82) is 0 Å². The predicted molar refractivity (Wildman–Crippen MR) is 107 cm³/mol. The van der Waals surface area contributed by atoms with Gasteiger partial charge in [-0.3, -0.25) is 9.69 Å². The Hall–Kier alpha value is -2.64. The van der Waals surface area contributed by atoms with Gasteiger partial charge in [0, 0.05) is 0 Å². The van der Waals surface area contributed by atoms with Crippen LogP contribution in [0.25, 0.3) is 6.08 Å². The molecule has 1 unspecified atom stereocenters. The number of ether oxygens (including phenoxy) is 1. The van der Waals surface area contributed by atoms with Crippen LogP contribution in [-0.2, 0) is 16.2 Å². The minimum atomic E-state index is -1.34. The van der Waals surface area contributed by atoms with E-state index in [0.29, 0.717) is 17.3 Å². The molecular formula is C20H16NO4S2-. The van der Waals surface area contributed by atoms with E-state index in [0.717, 1.165) is 27.8 Å². The van der Waals surface area contributed by atoms with Gasteiger partial charge < -0.3 is 14.6 Å². The van der Waals surface area contributed by atoms with Crippen LogP contribution in [0.4, 0.5) is 0 Å². The summed E-state index contributed by atoms with van der Waals surface area (Å²) in [6, 6.07) is 16.0. The molecule has 138 valence electrons. The summed E-state index contributed by atoms with van der Waals surface area (Å²) in [5.74, 6) is -1.10. The van der Waals surface area contributed by atoms with E-state index in [1.807, 2.05) is 54.6 Å². The van der Waals surface area contributed by atoms with Crippen molar-refractivity contribution < 1.29 is 19.4 Å². The van der Waals surface area contributed by atoms with Crippen LogP contribution in [0.3, 0.4) is 0 Å². The van der Waals surface area contributed by atoms with Crippen LogP contribution in [0.15, 0.2) is 59.5 Å². The van der Waals surface area contributed by atoms with Crippen LogP contribution in [0.5, 0.6) is 5.75 Å². The van der Waals surface area contributed by atoms with Gasteiger partial charge in [-0.1, -0.05) is 66.4 Å². The number of carbonyl (C=O) groups excluding carboxylic acids is 2. The number of benzene rings is 2. The second kappa shape index (κ2) is 8.37. The Labute approximate surface area is 166 Å². The highest BCUT2D eigenvalue weighted by Gasteiger charge is 2.35. The highest BCUT2D eigenvalue weighted by atomic mass is 32.2. The van der Waals surface area contributed by atoms with Gasteiger partial charge in [0.2, 0.25) is 0 Å². The first-order chi connectivity index (χ1) is 13.0. The fourth-order valence-electron chi connectivity index (χ4n) is 2.51. The van der Waals surface area contributed by atoms with E-state index in [-0.39, 0.29) is 4.32 Å². The second-order valence-corrected chi connectivity index (χ2v) is 7.57. The summed E-state index contributed by atoms with van der Waals surface area (Å²) < 4.78 is 6.00. The molecule has 7 heteroatoms. The first-order valence-electron chi connectivity index (χ1n) is 8.20. The number of carbonyl (C=O) groups is 2. The number of aliphatic carboxylic acids is 1. The highest BCUT2D eigenvalue weighted by Crippen LogP contribution is 2.34. The van der Waals surface area contributed by atoms with Gasteiger partial charge in [0.15, 0.2) is 0 Å². The minimum Gasteiger partial charge on any atom is -0.548 e. The fraction of sp³-hybridized carbons (Fsp3) is 0.150. The maximum absolute atomic E-state index is 12.5. The highest BCUT2D eigenvalue weighted by molar-refractivity contribution is 8.26. The van der Waals surface area contributed by atoms with E-state index in [9.17, 15) is 14.7 Å². The van der Waals surface area contributed by atoms with Crippen molar-refractivity contribution in [3.63, 3.8) is 0 Å². The van der Waals surface area contributed by atoms with Crippen molar-refractivity contribution in [2.45, 2.75) is 19.6 Å². The van der Waals surface area contributed by atoms with Gasteiger partial charge in [-0.2, -0.15) is 0 Å². The molecule has 0 spiro atoms. The Morgan fingerprint density at radius 3 is 2.70 bits per heavy atom. The molecular weight excluding hydrogens is 382 g/mol. The van der Waals surface area contributed by atoms with Crippen LogP contribution in [0, 0.1) is 0 Å². The predicted octanol–water partition coefficient (Wildman–Crippen LogP) is 2.61. The molecule has 0 bridgehead atoms. The molecule has 27 heavy (non-hydrogen) atoms. The quantitative estimate of drug-likeness (QED) is 0.550. The number of carboxylic acid groups (broad SMARTS) is 1. The maximum Gasteiger partial charge on any atom is 0.266 e. The molecule has 1 atom stereocenters. The summed E-state index contributed by atoms with van der Waals surface area (Å²) in [6.45, 7) is 1.82. The molecule has 1 heterocycles. The summed E-state index contributed by atoms with van der Waals surface area (Å²) in [5.41, 5.74) is 1.82. The fourth-order valence-corrected chi connectivity index (χ4v) is 3.92.